The number of nitrogens with one attached hydrogen (secondary N) is 1. The van der Waals surface area contributed by atoms with Crippen molar-refractivity contribution in [3.8, 4) is 0 Å². The fourth-order valence-electron chi connectivity index (χ4n) is 2.77. The van der Waals surface area contributed by atoms with E-state index in [1.807, 2.05) is 42.5 Å². The van der Waals surface area contributed by atoms with Gasteiger partial charge in [-0.25, -0.2) is 0 Å². The van der Waals surface area contributed by atoms with Crippen molar-refractivity contribution in [2.45, 2.75) is 31.1 Å². The zero-order chi connectivity index (χ0) is 18.2. The summed E-state index contributed by atoms with van der Waals surface area (Å²) in [7, 11) is 1.82. The van der Waals surface area contributed by atoms with E-state index in [0.29, 0.717) is 5.92 Å². The number of anilines is 1. The van der Waals surface area contributed by atoms with Crippen molar-refractivity contribution < 1.29 is 9.59 Å². The number of hydrogen-bond acceptors (Lipinski definition) is 4. The molecule has 0 aliphatic heterocycles. The highest BCUT2D eigenvalue weighted by Crippen LogP contribution is 2.29. The number of hydrogen-bond donors (Lipinski definition) is 1. The molecule has 0 bridgehead atoms. The SMILES string of the molecule is CCCN(CC1CC1)C(=O)CN(C)CC(=O)Nc1ccccc1SC. The van der Waals surface area contributed by atoms with Crippen LogP contribution in [0.3, 0.4) is 0 Å². The van der Waals surface area contributed by atoms with Crippen LogP contribution in [0.5, 0.6) is 0 Å². The topological polar surface area (TPSA) is 52.7 Å². The van der Waals surface area contributed by atoms with Crippen LogP contribution in [0.15, 0.2) is 29.2 Å². The molecule has 0 spiro atoms. The van der Waals surface area contributed by atoms with E-state index in [4.69, 9.17) is 0 Å². The molecule has 0 heterocycles. The molecule has 1 saturated carbocycles. The predicted octanol–water partition coefficient (Wildman–Crippen LogP) is 2.93. The van der Waals surface area contributed by atoms with Crippen LogP contribution >= 0.6 is 11.8 Å². The molecule has 1 aliphatic carbocycles. The summed E-state index contributed by atoms with van der Waals surface area (Å²) < 4.78 is 0. The summed E-state index contributed by atoms with van der Waals surface area (Å²) in [6.45, 7) is 4.25. The Bertz CT molecular complexity index is 590. The van der Waals surface area contributed by atoms with Crippen molar-refractivity contribution in [2.75, 3.05) is 44.8 Å². The minimum Gasteiger partial charge on any atom is -0.341 e. The maximum absolute atomic E-state index is 12.5. The van der Waals surface area contributed by atoms with Crippen molar-refractivity contribution in [1.82, 2.24) is 9.80 Å². The Hall–Kier alpha value is -1.53. The maximum atomic E-state index is 12.5. The Morgan fingerprint density at radius 1 is 1.24 bits per heavy atom. The van der Waals surface area contributed by atoms with Crippen LogP contribution in [0.2, 0.25) is 0 Å². The Kier molecular flexibility index (Phi) is 7.78. The van der Waals surface area contributed by atoms with Crippen molar-refractivity contribution >= 4 is 29.3 Å². The van der Waals surface area contributed by atoms with E-state index < -0.39 is 0 Å². The zero-order valence-corrected chi connectivity index (χ0v) is 16.3. The van der Waals surface area contributed by atoms with E-state index in [1.165, 1.54) is 12.8 Å². The second-order valence-electron chi connectivity index (χ2n) is 6.70. The van der Waals surface area contributed by atoms with Crippen LogP contribution in [0.4, 0.5) is 5.69 Å². The Labute approximate surface area is 155 Å². The van der Waals surface area contributed by atoms with Crippen LogP contribution in [-0.2, 0) is 9.59 Å². The average Bonchev–Trinajstić information content (AvgIpc) is 3.38. The number of thioether (sulfide) groups is 1. The highest BCUT2D eigenvalue weighted by atomic mass is 32.2. The second kappa shape index (κ2) is 9.82. The Morgan fingerprint density at radius 3 is 2.60 bits per heavy atom. The molecule has 1 N–H and O–H groups in total. The van der Waals surface area contributed by atoms with E-state index in [1.54, 1.807) is 16.7 Å². The molecule has 2 amide bonds. The molecule has 1 aromatic rings. The lowest BCUT2D eigenvalue weighted by molar-refractivity contribution is -0.132. The van der Waals surface area contributed by atoms with Gasteiger partial charge < -0.3 is 10.2 Å². The van der Waals surface area contributed by atoms with Crippen molar-refractivity contribution in [3.63, 3.8) is 0 Å². The molecule has 0 atom stereocenters. The summed E-state index contributed by atoms with van der Waals surface area (Å²) in [5.74, 6) is 0.710. The van der Waals surface area contributed by atoms with E-state index in [-0.39, 0.29) is 24.9 Å². The first-order valence-electron chi connectivity index (χ1n) is 8.92. The first-order chi connectivity index (χ1) is 12.0. The number of likely N-dealkylation sites (N-methyl/N-ethyl adjacent to an activating group) is 1. The quantitative estimate of drug-likeness (QED) is 0.650. The lowest BCUT2D eigenvalue weighted by Gasteiger charge is -2.25. The largest absolute Gasteiger partial charge is 0.341 e. The molecular weight excluding hydrogens is 334 g/mol. The lowest BCUT2D eigenvalue weighted by atomic mass is 10.3. The summed E-state index contributed by atoms with van der Waals surface area (Å²) in [5, 5.41) is 2.94. The van der Waals surface area contributed by atoms with Gasteiger partial charge >= 0.3 is 0 Å². The molecule has 1 aromatic carbocycles. The number of nitrogens with zero attached hydrogens (tertiary/aromatic N) is 2. The summed E-state index contributed by atoms with van der Waals surface area (Å²) in [5.41, 5.74) is 0.820. The summed E-state index contributed by atoms with van der Waals surface area (Å²) >= 11 is 1.60. The van der Waals surface area contributed by atoms with Crippen molar-refractivity contribution in [2.24, 2.45) is 5.92 Å². The third-order valence-corrected chi connectivity index (χ3v) is 5.02. The van der Waals surface area contributed by atoms with Gasteiger partial charge in [0.05, 0.1) is 18.8 Å². The monoisotopic (exact) mass is 363 g/mol. The molecule has 0 saturated heterocycles. The predicted molar refractivity (Wildman–Crippen MR) is 104 cm³/mol. The van der Waals surface area contributed by atoms with E-state index in [2.05, 4.69) is 12.2 Å². The van der Waals surface area contributed by atoms with Gasteiger partial charge in [0.25, 0.3) is 0 Å². The third kappa shape index (κ3) is 6.71. The first kappa shape index (κ1) is 19.8. The Balaban J connectivity index is 1.82. The number of rotatable bonds is 10. The fraction of sp³-hybridized carbons (Fsp3) is 0.579. The molecule has 0 unspecified atom stereocenters. The lowest BCUT2D eigenvalue weighted by Crippen LogP contribution is -2.42. The van der Waals surface area contributed by atoms with Gasteiger partial charge in [-0.3, -0.25) is 14.5 Å². The van der Waals surface area contributed by atoms with Crippen LogP contribution in [-0.4, -0.2) is 61.1 Å². The number of carbonyl (C=O) groups excluding carboxylic acids is 2. The maximum Gasteiger partial charge on any atom is 0.238 e. The molecule has 2 rings (SSSR count). The van der Waals surface area contributed by atoms with Crippen LogP contribution in [0.1, 0.15) is 26.2 Å². The highest BCUT2D eigenvalue weighted by Gasteiger charge is 2.26. The van der Waals surface area contributed by atoms with Gasteiger partial charge in [0, 0.05) is 18.0 Å². The fourth-order valence-corrected chi connectivity index (χ4v) is 3.32. The first-order valence-corrected chi connectivity index (χ1v) is 10.1. The number of para-hydroxylation sites is 1. The van der Waals surface area contributed by atoms with E-state index in [0.717, 1.165) is 30.1 Å². The molecular formula is C19H29N3O2S. The normalized spacial score (nSPS) is 13.8. The average molecular weight is 364 g/mol. The second-order valence-corrected chi connectivity index (χ2v) is 7.55. The number of amides is 2. The smallest absolute Gasteiger partial charge is 0.238 e. The van der Waals surface area contributed by atoms with E-state index in [9.17, 15) is 9.59 Å². The molecule has 138 valence electrons. The van der Waals surface area contributed by atoms with Crippen LogP contribution in [0.25, 0.3) is 0 Å². The van der Waals surface area contributed by atoms with Crippen LogP contribution < -0.4 is 5.32 Å². The van der Waals surface area contributed by atoms with Gasteiger partial charge in [-0.05, 0) is 50.6 Å². The zero-order valence-electron chi connectivity index (χ0n) is 15.5. The molecule has 6 heteroatoms. The van der Waals surface area contributed by atoms with Gasteiger partial charge in [-0.2, -0.15) is 0 Å². The Morgan fingerprint density at radius 2 is 1.96 bits per heavy atom. The minimum absolute atomic E-state index is 0.0963. The van der Waals surface area contributed by atoms with Crippen molar-refractivity contribution in [3.05, 3.63) is 24.3 Å². The molecule has 1 fully saturated rings. The van der Waals surface area contributed by atoms with Gasteiger partial charge in [-0.15, -0.1) is 11.8 Å². The van der Waals surface area contributed by atoms with Crippen LogP contribution in [0, 0.1) is 5.92 Å². The van der Waals surface area contributed by atoms with E-state index >= 15 is 0 Å². The molecule has 0 aromatic heterocycles. The standard InChI is InChI=1S/C19H29N3O2S/c1-4-11-22(12-15-9-10-15)19(24)14-21(2)13-18(23)20-16-7-5-6-8-17(16)25-3/h5-8,15H,4,9-14H2,1-3H3,(H,20,23). The number of carbonyl (C=O) groups is 2. The summed E-state index contributed by atoms with van der Waals surface area (Å²) in [4.78, 5) is 29.5. The molecule has 5 nitrogen and oxygen atoms in total. The summed E-state index contributed by atoms with van der Waals surface area (Å²) in [6.07, 6.45) is 5.42. The molecule has 0 radical (unpaired) electrons. The van der Waals surface area contributed by atoms with Crippen molar-refractivity contribution in [1.29, 1.82) is 0 Å². The van der Waals surface area contributed by atoms with Gasteiger partial charge in [0.15, 0.2) is 0 Å². The minimum atomic E-state index is -0.0963. The third-order valence-electron chi connectivity index (χ3n) is 4.22. The molecule has 1 aliphatic rings. The summed E-state index contributed by atoms with van der Waals surface area (Å²) in [6, 6.07) is 7.74. The highest BCUT2D eigenvalue weighted by molar-refractivity contribution is 7.98. The van der Waals surface area contributed by atoms with Gasteiger partial charge in [0.1, 0.15) is 0 Å². The van der Waals surface area contributed by atoms with Gasteiger partial charge in [-0.1, -0.05) is 19.1 Å². The number of benzene rings is 1. The van der Waals surface area contributed by atoms with Gasteiger partial charge in [0.2, 0.25) is 11.8 Å². The molecule has 25 heavy (non-hydrogen) atoms.